The van der Waals surface area contributed by atoms with E-state index in [2.05, 4.69) is 0 Å². The van der Waals surface area contributed by atoms with E-state index in [1.807, 2.05) is 0 Å². The minimum atomic E-state index is -1.48. The molecule has 2 fully saturated rings. The summed E-state index contributed by atoms with van der Waals surface area (Å²) < 4.78 is 15.5. The first kappa shape index (κ1) is 10.8. The van der Waals surface area contributed by atoms with Crippen molar-refractivity contribution >= 4 is 5.97 Å². The highest BCUT2D eigenvalue weighted by molar-refractivity contribution is 5.77. The van der Waals surface area contributed by atoms with Gasteiger partial charge in [0.25, 0.3) is 0 Å². The van der Waals surface area contributed by atoms with Gasteiger partial charge in [-0.3, -0.25) is 0 Å². The maximum Gasteiger partial charge on any atom is 0.338 e. The van der Waals surface area contributed by atoms with E-state index >= 15 is 0 Å². The van der Waals surface area contributed by atoms with Crippen molar-refractivity contribution in [3.8, 4) is 0 Å². The Bertz CT molecular complexity index is 276. The van der Waals surface area contributed by atoms with Crippen LogP contribution in [0.15, 0.2) is 0 Å². The van der Waals surface area contributed by atoms with Crippen molar-refractivity contribution in [1.29, 1.82) is 0 Å². The molecule has 0 aromatic carbocycles. The Labute approximate surface area is 86.7 Å². The molecule has 6 heteroatoms. The minimum Gasteiger partial charge on any atom is -0.455 e. The Hall–Kier alpha value is -0.690. The molecule has 0 aromatic heterocycles. The summed E-state index contributed by atoms with van der Waals surface area (Å²) in [5.74, 6) is -1.56. The predicted molar refractivity (Wildman–Crippen MR) is 46.8 cm³/mol. The molecule has 4 atom stereocenters. The second kappa shape index (κ2) is 3.41. The number of hydrogen-bond acceptors (Lipinski definition) is 6. The fourth-order valence-corrected chi connectivity index (χ4v) is 1.77. The largest absolute Gasteiger partial charge is 0.455 e. The number of ether oxygens (including phenoxy) is 3. The average Bonchev–Trinajstić information content (AvgIpc) is 2.62. The topological polar surface area (TPSA) is 85.2 Å². The van der Waals surface area contributed by atoms with Gasteiger partial charge in [0.1, 0.15) is 12.2 Å². The molecule has 2 unspecified atom stereocenters. The van der Waals surface area contributed by atoms with Crippen LogP contribution in [0.4, 0.5) is 0 Å². The van der Waals surface area contributed by atoms with Gasteiger partial charge in [-0.05, 0) is 13.8 Å². The Kier molecular flexibility index (Phi) is 2.46. The van der Waals surface area contributed by atoms with Crippen molar-refractivity contribution in [1.82, 2.24) is 0 Å². The SMILES string of the molecule is CC1(C)OCC([C@@H]2OC(=O)[C@@H](O)C2O)O1. The minimum absolute atomic E-state index is 0.231. The van der Waals surface area contributed by atoms with Gasteiger partial charge in [0, 0.05) is 0 Å². The average molecular weight is 218 g/mol. The fourth-order valence-electron chi connectivity index (χ4n) is 1.77. The number of aliphatic hydroxyl groups excluding tert-OH is 2. The molecular formula is C9H14O6. The van der Waals surface area contributed by atoms with Crippen molar-refractivity contribution in [2.24, 2.45) is 0 Å². The Balaban J connectivity index is 2.04. The Morgan fingerprint density at radius 2 is 2.07 bits per heavy atom. The Morgan fingerprint density at radius 3 is 2.47 bits per heavy atom. The van der Waals surface area contributed by atoms with Gasteiger partial charge in [-0.25, -0.2) is 4.79 Å². The van der Waals surface area contributed by atoms with Crippen LogP contribution in [0, 0.1) is 0 Å². The molecule has 0 aromatic rings. The van der Waals surface area contributed by atoms with Crippen molar-refractivity contribution in [2.75, 3.05) is 6.61 Å². The zero-order chi connectivity index (χ0) is 11.2. The number of esters is 1. The standard InChI is InChI=1S/C9H14O6/c1-9(2)13-3-4(15-9)7-5(10)6(11)8(12)14-7/h4-7,10-11H,3H2,1-2H3/t4?,5?,6-,7-/m0/s1. The van der Waals surface area contributed by atoms with Crippen LogP contribution in [0.5, 0.6) is 0 Å². The van der Waals surface area contributed by atoms with E-state index in [1.165, 1.54) is 0 Å². The van der Waals surface area contributed by atoms with E-state index < -0.39 is 36.2 Å². The number of aliphatic hydroxyl groups is 2. The second-order valence-corrected chi connectivity index (χ2v) is 4.20. The van der Waals surface area contributed by atoms with Crippen LogP contribution >= 0.6 is 0 Å². The van der Waals surface area contributed by atoms with E-state index in [-0.39, 0.29) is 6.61 Å². The summed E-state index contributed by atoms with van der Waals surface area (Å²) in [7, 11) is 0. The third kappa shape index (κ3) is 1.85. The lowest BCUT2D eigenvalue weighted by atomic mass is 10.1. The first-order valence-corrected chi connectivity index (χ1v) is 4.79. The molecule has 0 spiro atoms. The highest BCUT2D eigenvalue weighted by Gasteiger charge is 2.50. The summed E-state index contributed by atoms with van der Waals surface area (Å²) in [5, 5.41) is 18.7. The van der Waals surface area contributed by atoms with Crippen molar-refractivity contribution < 1.29 is 29.2 Å². The zero-order valence-corrected chi connectivity index (χ0v) is 8.54. The van der Waals surface area contributed by atoms with E-state index in [4.69, 9.17) is 14.2 Å². The molecule has 2 aliphatic heterocycles. The molecule has 15 heavy (non-hydrogen) atoms. The highest BCUT2D eigenvalue weighted by atomic mass is 16.8. The molecule has 0 bridgehead atoms. The molecule has 86 valence electrons. The lowest BCUT2D eigenvalue weighted by Crippen LogP contribution is -2.40. The van der Waals surface area contributed by atoms with Crippen molar-refractivity contribution in [3.63, 3.8) is 0 Å². The highest BCUT2D eigenvalue weighted by Crippen LogP contribution is 2.30. The molecule has 0 amide bonds. The van der Waals surface area contributed by atoms with Gasteiger partial charge in [-0.2, -0.15) is 0 Å². The summed E-state index contributed by atoms with van der Waals surface area (Å²) in [4.78, 5) is 11.0. The van der Waals surface area contributed by atoms with Crippen LogP contribution < -0.4 is 0 Å². The van der Waals surface area contributed by atoms with Crippen LogP contribution in [-0.4, -0.2) is 53.0 Å². The first-order valence-electron chi connectivity index (χ1n) is 4.79. The molecule has 0 radical (unpaired) electrons. The van der Waals surface area contributed by atoms with Gasteiger partial charge in [0.15, 0.2) is 18.0 Å². The second-order valence-electron chi connectivity index (χ2n) is 4.20. The number of carbonyl (C=O) groups is 1. The lowest BCUT2D eigenvalue weighted by molar-refractivity contribution is -0.166. The third-order valence-corrected chi connectivity index (χ3v) is 2.55. The molecule has 2 heterocycles. The van der Waals surface area contributed by atoms with Crippen LogP contribution in [0.1, 0.15) is 13.8 Å². The van der Waals surface area contributed by atoms with E-state index in [0.29, 0.717) is 0 Å². The summed E-state index contributed by atoms with van der Waals surface area (Å²) in [6, 6.07) is 0. The molecule has 2 aliphatic rings. The number of hydrogen-bond donors (Lipinski definition) is 2. The maximum absolute atomic E-state index is 11.0. The van der Waals surface area contributed by atoms with Gasteiger partial charge >= 0.3 is 5.97 Å². The smallest absolute Gasteiger partial charge is 0.338 e. The molecule has 2 N–H and O–H groups in total. The van der Waals surface area contributed by atoms with Crippen LogP contribution in [0.2, 0.25) is 0 Å². The quantitative estimate of drug-likeness (QED) is 0.537. The summed E-state index contributed by atoms with van der Waals surface area (Å²) in [6.07, 6.45) is -4.12. The predicted octanol–water partition coefficient (Wildman–Crippen LogP) is -1.21. The lowest BCUT2D eigenvalue weighted by Gasteiger charge is -2.21. The normalized spacial score (nSPS) is 44.4. The van der Waals surface area contributed by atoms with Crippen LogP contribution in [0.3, 0.4) is 0 Å². The van der Waals surface area contributed by atoms with Gasteiger partial charge < -0.3 is 24.4 Å². The van der Waals surface area contributed by atoms with Crippen LogP contribution in [-0.2, 0) is 19.0 Å². The molecule has 6 nitrogen and oxygen atoms in total. The monoisotopic (exact) mass is 218 g/mol. The molecule has 0 aliphatic carbocycles. The van der Waals surface area contributed by atoms with Gasteiger partial charge in [-0.1, -0.05) is 0 Å². The molecule has 2 rings (SSSR count). The van der Waals surface area contributed by atoms with Gasteiger partial charge in [0.2, 0.25) is 0 Å². The zero-order valence-electron chi connectivity index (χ0n) is 8.54. The fraction of sp³-hybridized carbons (Fsp3) is 0.889. The van der Waals surface area contributed by atoms with E-state index in [0.717, 1.165) is 0 Å². The van der Waals surface area contributed by atoms with E-state index in [1.54, 1.807) is 13.8 Å². The van der Waals surface area contributed by atoms with Crippen molar-refractivity contribution in [3.05, 3.63) is 0 Å². The van der Waals surface area contributed by atoms with Gasteiger partial charge in [0.05, 0.1) is 6.61 Å². The number of rotatable bonds is 1. The summed E-state index contributed by atoms with van der Waals surface area (Å²) in [6.45, 7) is 3.69. The van der Waals surface area contributed by atoms with E-state index in [9.17, 15) is 15.0 Å². The third-order valence-electron chi connectivity index (χ3n) is 2.55. The summed E-state index contributed by atoms with van der Waals surface area (Å²) in [5.41, 5.74) is 0. The van der Waals surface area contributed by atoms with Crippen molar-refractivity contribution in [2.45, 2.75) is 44.1 Å². The maximum atomic E-state index is 11.0. The molecule has 0 saturated carbocycles. The number of cyclic esters (lactones) is 1. The van der Waals surface area contributed by atoms with Gasteiger partial charge in [-0.15, -0.1) is 0 Å². The molecular weight excluding hydrogens is 204 g/mol. The Morgan fingerprint density at radius 1 is 1.40 bits per heavy atom. The molecule has 2 saturated heterocycles. The van der Waals surface area contributed by atoms with Crippen LogP contribution in [0.25, 0.3) is 0 Å². The number of carbonyl (C=O) groups excluding carboxylic acids is 1. The summed E-state index contributed by atoms with van der Waals surface area (Å²) >= 11 is 0. The first-order chi connectivity index (χ1) is 6.91.